The van der Waals surface area contributed by atoms with Gasteiger partial charge in [-0.2, -0.15) is 0 Å². The topological polar surface area (TPSA) is 26.3 Å². The molecule has 0 amide bonds. The third-order valence-electron chi connectivity index (χ3n) is 3.87. The van der Waals surface area contributed by atoms with Crippen LogP contribution in [0.25, 0.3) is 0 Å². The highest BCUT2D eigenvalue weighted by atomic mass is 16.5. The monoisotopic (exact) mass is 194 g/mol. The molecule has 0 radical (unpaired) electrons. The summed E-state index contributed by atoms with van der Waals surface area (Å²) in [6.45, 7) is 8.36. The number of hydrogen-bond donors (Lipinski definition) is 0. The summed E-state index contributed by atoms with van der Waals surface area (Å²) in [4.78, 5) is 11.8. The molecule has 0 aromatic heterocycles. The molecule has 0 spiro atoms. The molecule has 0 fully saturated rings. The van der Waals surface area contributed by atoms with Crippen LogP contribution in [0, 0.1) is 5.41 Å². The number of allylic oxidation sites excluding steroid dienone is 1. The molecule has 0 saturated heterocycles. The first kappa shape index (κ1) is 9.75. The maximum atomic E-state index is 11.8. The number of rotatable bonds is 0. The lowest BCUT2D eigenvalue weighted by molar-refractivity contribution is -0.117. The molecule has 0 aromatic carbocycles. The first-order valence-corrected chi connectivity index (χ1v) is 5.32. The molecule has 1 aliphatic heterocycles. The first-order valence-electron chi connectivity index (χ1n) is 5.32. The molecule has 0 N–H and O–H groups in total. The zero-order valence-corrected chi connectivity index (χ0v) is 9.44. The fraction of sp³-hybridized carbons (Fsp3) is 0.750. The molecule has 1 heterocycles. The van der Waals surface area contributed by atoms with Crippen LogP contribution in [0.5, 0.6) is 0 Å². The SMILES string of the molecule is CC1(C)OC2=C(C(=O)CCC2)C1(C)C. The highest BCUT2D eigenvalue weighted by molar-refractivity contribution is 5.98. The molecule has 0 saturated carbocycles. The Morgan fingerprint density at radius 2 is 1.79 bits per heavy atom. The van der Waals surface area contributed by atoms with E-state index in [4.69, 9.17) is 4.74 Å². The van der Waals surface area contributed by atoms with Gasteiger partial charge in [0.05, 0.1) is 0 Å². The van der Waals surface area contributed by atoms with Crippen molar-refractivity contribution in [2.45, 2.75) is 52.6 Å². The first-order chi connectivity index (χ1) is 6.36. The quantitative estimate of drug-likeness (QED) is 0.592. The molecule has 0 bridgehead atoms. The summed E-state index contributed by atoms with van der Waals surface area (Å²) in [5.74, 6) is 1.25. The zero-order chi connectivity index (χ0) is 10.6. The van der Waals surface area contributed by atoms with E-state index in [1.54, 1.807) is 0 Å². The van der Waals surface area contributed by atoms with Crippen LogP contribution in [0.4, 0.5) is 0 Å². The Morgan fingerprint density at radius 3 is 2.36 bits per heavy atom. The standard InChI is InChI=1S/C12H18O2/c1-11(2)10-8(13)6-5-7-9(10)14-12(11,3)4/h5-7H2,1-4H3. The highest BCUT2D eigenvalue weighted by Gasteiger charge is 2.52. The number of hydrogen-bond acceptors (Lipinski definition) is 2. The summed E-state index contributed by atoms with van der Waals surface area (Å²) in [6.07, 6.45) is 2.58. The molecular weight excluding hydrogens is 176 g/mol. The van der Waals surface area contributed by atoms with Crippen molar-refractivity contribution < 1.29 is 9.53 Å². The zero-order valence-electron chi connectivity index (χ0n) is 9.44. The summed E-state index contributed by atoms with van der Waals surface area (Å²) in [5, 5.41) is 0. The largest absolute Gasteiger partial charge is 0.491 e. The molecular formula is C12H18O2. The number of ketones is 1. The van der Waals surface area contributed by atoms with Gasteiger partial charge in [0.2, 0.25) is 0 Å². The Hall–Kier alpha value is -0.790. The number of Topliss-reactive ketones (excluding diaryl/α,β-unsaturated/α-hetero) is 1. The van der Waals surface area contributed by atoms with Gasteiger partial charge in [-0.25, -0.2) is 0 Å². The maximum absolute atomic E-state index is 11.8. The van der Waals surface area contributed by atoms with Crippen LogP contribution in [-0.4, -0.2) is 11.4 Å². The Labute approximate surface area is 85.3 Å². The second-order valence-corrected chi connectivity index (χ2v) is 5.31. The van der Waals surface area contributed by atoms with Crippen LogP contribution in [0.15, 0.2) is 11.3 Å². The highest BCUT2D eigenvalue weighted by Crippen LogP contribution is 2.52. The average molecular weight is 194 g/mol. The predicted octanol–water partition coefficient (Wildman–Crippen LogP) is 2.83. The third kappa shape index (κ3) is 1.06. The van der Waals surface area contributed by atoms with Gasteiger partial charge in [-0.1, -0.05) is 13.8 Å². The van der Waals surface area contributed by atoms with E-state index in [-0.39, 0.29) is 11.0 Å². The van der Waals surface area contributed by atoms with E-state index in [2.05, 4.69) is 27.7 Å². The lowest BCUT2D eigenvalue weighted by Crippen LogP contribution is -2.38. The fourth-order valence-corrected chi connectivity index (χ4v) is 2.35. The van der Waals surface area contributed by atoms with Crippen molar-refractivity contribution >= 4 is 5.78 Å². The van der Waals surface area contributed by atoms with E-state index in [0.29, 0.717) is 12.2 Å². The van der Waals surface area contributed by atoms with E-state index in [0.717, 1.165) is 24.2 Å². The third-order valence-corrected chi connectivity index (χ3v) is 3.87. The Balaban J connectivity index is 2.49. The summed E-state index contributed by atoms with van der Waals surface area (Å²) < 4.78 is 5.90. The van der Waals surface area contributed by atoms with Crippen molar-refractivity contribution in [1.82, 2.24) is 0 Å². The van der Waals surface area contributed by atoms with Gasteiger partial charge in [-0.05, 0) is 20.3 Å². The Bertz CT molecular complexity index is 321. The van der Waals surface area contributed by atoms with E-state index in [1.807, 2.05) is 0 Å². The summed E-state index contributed by atoms with van der Waals surface area (Å²) in [7, 11) is 0. The lowest BCUT2D eigenvalue weighted by Gasteiger charge is -2.34. The maximum Gasteiger partial charge on any atom is 0.162 e. The smallest absolute Gasteiger partial charge is 0.162 e. The molecule has 2 aliphatic rings. The normalized spacial score (nSPS) is 28.7. The minimum Gasteiger partial charge on any atom is -0.491 e. The van der Waals surface area contributed by atoms with Gasteiger partial charge in [0.25, 0.3) is 0 Å². The van der Waals surface area contributed by atoms with Crippen molar-refractivity contribution in [1.29, 1.82) is 0 Å². The molecule has 0 aromatic rings. The van der Waals surface area contributed by atoms with E-state index >= 15 is 0 Å². The van der Waals surface area contributed by atoms with Gasteiger partial charge in [-0.15, -0.1) is 0 Å². The van der Waals surface area contributed by atoms with Crippen molar-refractivity contribution in [2.75, 3.05) is 0 Å². The van der Waals surface area contributed by atoms with Gasteiger partial charge >= 0.3 is 0 Å². The molecule has 14 heavy (non-hydrogen) atoms. The van der Waals surface area contributed by atoms with Crippen molar-refractivity contribution in [3.8, 4) is 0 Å². The molecule has 78 valence electrons. The van der Waals surface area contributed by atoms with Crippen LogP contribution in [0.1, 0.15) is 47.0 Å². The Morgan fingerprint density at radius 1 is 1.14 bits per heavy atom. The summed E-state index contributed by atoms with van der Waals surface area (Å²) >= 11 is 0. The molecule has 2 rings (SSSR count). The van der Waals surface area contributed by atoms with E-state index in [1.165, 1.54) is 0 Å². The second-order valence-electron chi connectivity index (χ2n) is 5.31. The van der Waals surface area contributed by atoms with Crippen molar-refractivity contribution in [2.24, 2.45) is 5.41 Å². The van der Waals surface area contributed by atoms with Crippen LogP contribution in [0.2, 0.25) is 0 Å². The molecule has 2 nitrogen and oxygen atoms in total. The summed E-state index contributed by atoms with van der Waals surface area (Å²) in [5.41, 5.74) is 0.575. The molecule has 2 heteroatoms. The van der Waals surface area contributed by atoms with E-state index in [9.17, 15) is 4.79 Å². The van der Waals surface area contributed by atoms with E-state index < -0.39 is 0 Å². The van der Waals surface area contributed by atoms with Gasteiger partial charge < -0.3 is 4.74 Å². The lowest BCUT2D eigenvalue weighted by atomic mass is 9.70. The minimum atomic E-state index is -0.238. The number of ether oxygens (including phenoxy) is 1. The number of carbonyl (C=O) groups is 1. The molecule has 1 aliphatic carbocycles. The fourth-order valence-electron chi connectivity index (χ4n) is 2.35. The van der Waals surface area contributed by atoms with Gasteiger partial charge in [0, 0.05) is 23.8 Å². The van der Waals surface area contributed by atoms with Crippen LogP contribution in [0.3, 0.4) is 0 Å². The second kappa shape index (κ2) is 2.62. The molecule has 0 unspecified atom stereocenters. The van der Waals surface area contributed by atoms with Crippen LogP contribution < -0.4 is 0 Å². The number of carbonyl (C=O) groups excluding carboxylic acids is 1. The molecule has 0 atom stereocenters. The van der Waals surface area contributed by atoms with Gasteiger partial charge in [-0.3, -0.25) is 4.79 Å². The van der Waals surface area contributed by atoms with Gasteiger partial charge in [0.1, 0.15) is 11.4 Å². The predicted molar refractivity (Wildman–Crippen MR) is 54.8 cm³/mol. The van der Waals surface area contributed by atoms with Crippen molar-refractivity contribution in [3.63, 3.8) is 0 Å². The van der Waals surface area contributed by atoms with Crippen LogP contribution >= 0.6 is 0 Å². The van der Waals surface area contributed by atoms with Gasteiger partial charge in [0.15, 0.2) is 5.78 Å². The Kier molecular flexibility index (Phi) is 1.82. The van der Waals surface area contributed by atoms with Crippen LogP contribution in [-0.2, 0) is 9.53 Å². The summed E-state index contributed by atoms with van der Waals surface area (Å²) in [6, 6.07) is 0. The minimum absolute atomic E-state index is 0.139. The average Bonchev–Trinajstić information content (AvgIpc) is 2.19. The van der Waals surface area contributed by atoms with Crippen molar-refractivity contribution in [3.05, 3.63) is 11.3 Å².